The molecule has 0 bridgehead atoms. The van der Waals surface area contributed by atoms with Crippen LogP contribution in [0.25, 0.3) is 0 Å². The first-order valence-electron chi connectivity index (χ1n) is 6.99. The molecule has 0 unspecified atom stereocenters. The fraction of sp³-hybridized carbons (Fsp3) is 0.600. The van der Waals surface area contributed by atoms with Crippen molar-refractivity contribution < 1.29 is 4.39 Å². The molecule has 1 aliphatic rings. The van der Waals surface area contributed by atoms with Crippen molar-refractivity contribution in [2.75, 3.05) is 38.6 Å². The van der Waals surface area contributed by atoms with Crippen molar-refractivity contribution in [3.05, 3.63) is 29.6 Å². The van der Waals surface area contributed by atoms with Gasteiger partial charge in [0.2, 0.25) is 0 Å². The molecule has 2 N–H and O–H groups in total. The van der Waals surface area contributed by atoms with E-state index in [1.807, 2.05) is 13.1 Å². The molecule has 0 radical (unpaired) electrons. The van der Waals surface area contributed by atoms with Crippen LogP contribution in [0.5, 0.6) is 0 Å². The molecule has 1 fully saturated rings. The number of hydrogen-bond donors (Lipinski definition) is 1. The van der Waals surface area contributed by atoms with Crippen molar-refractivity contribution in [1.82, 2.24) is 4.90 Å². The average Bonchev–Trinajstić information content (AvgIpc) is 2.41. The van der Waals surface area contributed by atoms with E-state index in [9.17, 15) is 4.39 Å². The van der Waals surface area contributed by atoms with E-state index in [4.69, 9.17) is 5.73 Å². The number of anilines is 1. The Hall–Kier alpha value is -1.13. The zero-order valence-electron chi connectivity index (χ0n) is 11.9. The van der Waals surface area contributed by atoms with Crippen LogP contribution < -0.4 is 10.6 Å². The summed E-state index contributed by atoms with van der Waals surface area (Å²) >= 11 is 0. The van der Waals surface area contributed by atoms with Crippen molar-refractivity contribution in [2.24, 2.45) is 11.7 Å². The Balaban J connectivity index is 2.03. The number of benzene rings is 1. The predicted molar refractivity (Wildman–Crippen MR) is 77.8 cm³/mol. The maximum Gasteiger partial charge on any atom is 0.129 e. The second kappa shape index (κ2) is 6.35. The summed E-state index contributed by atoms with van der Waals surface area (Å²) in [5.41, 5.74) is 7.22. The fourth-order valence-electron chi connectivity index (χ4n) is 2.84. The molecule has 2 rings (SSSR count). The molecule has 1 aromatic rings. The molecule has 0 spiro atoms. The Morgan fingerprint density at radius 3 is 2.68 bits per heavy atom. The Bertz CT molecular complexity index is 414. The zero-order chi connectivity index (χ0) is 13.8. The van der Waals surface area contributed by atoms with Gasteiger partial charge < -0.3 is 15.5 Å². The van der Waals surface area contributed by atoms with Gasteiger partial charge in [0.05, 0.1) is 0 Å². The zero-order valence-corrected chi connectivity index (χ0v) is 11.9. The molecule has 1 aliphatic heterocycles. The third-order valence-corrected chi connectivity index (χ3v) is 4.08. The summed E-state index contributed by atoms with van der Waals surface area (Å²) in [7, 11) is 4.20. The number of nitrogens with two attached hydrogens (primary N) is 1. The lowest BCUT2D eigenvalue weighted by Gasteiger charge is -2.33. The standard InChI is InChI=1S/C15H24FN3/c1-18-8-6-12(7-9-18)11-19(2)15-5-3-4-14(16)13(15)10-17/h3-5,12H,6-11,17H2,1-2H3. The minimum atomic E-state index is -0.199. The Morgan fingerprint density at radius 1 is 1.37 bits per heavy atom. The number of rotatable bonds is 4. The van der Waals surface area contributed by atoms with Crippen molar-refractivity contribution >= 4 is 5.69 Å². The van der Waals surface area contributed by atoms with Crippen LogP contribution in [-0.4, -0.2) is 38.6 Å². The molecule has 4 heteroatoms. The third-order valence-electron chi connectivity index (χ3n) is 4.08. The van der Waals surface area contributed by atoms with E-state index < -0.39 is 0 Å². The van der Waals surface area contributed by atoms with E-state index in [1.165, 1.54) is 18.9 Å². The molecule has 19 heavy (non-hydrogen) atoms. The smallest absolute Gasteiger partial charge is 0.129 e. The van der Waals surface area contributed by atoms with Gasteiger partial charge in [-0.05, 0) is 51.0 Å². The summed E-state index contributed by atoms with van der Waals surface area (Å²) in [6.07, 6.45) is 2.43. The maximum absolute atomic E-state index is 13.7. The summed E-state index contributed by atoms with van der Waals surface area (Å²) < 4.78 is 13.7. The first kappa shape index (κ1) is 14.3. The highest BCUT2D eigenvalue weighted by molar-refractivity contribution is 5.53. The second-order valence-corrected chi connectivity index (χ2v) is 5.57. The van der Waals surface area contributed by atoms with Gasteiger partial charge >= 0.3 is 0 Å². The monoisotopic (exact) mass is 265 g/mol. The van der Waals surface area contributed by atoms with Gasteiger partial charge in [-0.1, -0.05) is 6.07 Å². The lowest BCUT2D eigenvalue weighted by molar-refractivity contribution is 0.222. The molecule has 3 nitrogen and oxygen atoms in total. The van der Waals surface area contributed by atoms with Gasteiger partial charge in [-0.25, -0.2) is 4.39 Å². The minimum Gasteiger partial charge on any atom is -0.374 e. The minimum absolute atomic E-state index is 0.199. The number of piperidine rings is 1. The molecule has 1 saturated heterocycles. The van der Waals surface area contributed by atoms with Crippen molar-refractivity contribution in [3.63, 3.8) is 0 Å². The van der Waals surface area contributed by atoms with E-state index in [0.29, 0.717) is 11.5 Å². The molecule has 0 saturated carbocycles. The summed E-state index contributed by atoms with van der Waals surface area (Å²) in [6.45, 7) is 3.54. The molecular weight excluding hydrogens is 241 g/mol. The first-order chi connectivity index (χ1) is 9.11. The molecule has 1 aromatic carbocycles. The Kier molecular flexibility index (Phi) is 4.77. The van der Waals surface area contributed by atoms with E-state index >= 15 is 0 Å². The lowest BCUT2D eigenvalue weighted by Crippen LogP contribution is -2.36. The average molecular weight is 265 g/mol. The van der Waals surface area contributed by atoms with Crippen LogP contribution in [0.15, 0.2) is 18.2 Å². The van der Waals surface area contributed by atoms with Gasteiger partial charge in [-0.15, -0.1) is 0 Å². The van der Waals surface area contributed by atoms with Crippen LogP contribution in [0, 0.1) is 11.7 Å². The molecule has 0 atom stereocenters. The summed E-state index contributed by atoms with van der Waals surface area (Å²) in [5.74, 6) is 0.491. The van der Waals surface area contributed by atoms with E-state index in [2.05, 4.69) is 16.8 Å². The fourth-order valence-corrected chi connectivity index (χ4v) is 2.84. The van der Waals surface area contributed by atoms with Gasteiger partial charge in [-0.2, -0.15) is 0 Å². The van der Waals surface area contributed by atoms with Crippen LogP contribution in [0.4, 0.5) is 10.1 Å². The number of hydrogen-bond acceptors (Lipinski definition) is 3. The van der Waals surface area contributed by atoms with Crippen molar-refractivity contribution in [2.45, 2.75) is 19.4 Å². The highest BCUT2D eigenvalue weighted by Gasteiger charge is 2.19. The predicted octanol–water partition coefficient (Wildman–Crippen LogP) is 2.06. The number of halogens is 1. The van der Waals surface area contributed by atoms with E-state index in [-0.39, 0.29) is 12.4 Å². The molecule has 0 amide bonds. The van der Waals surface area contributed by atoms with Gasteiger partial charge in [0, 0.05) is 31.4 Å². The van der Waals surface area contributed by atoms with Gasteiger partial charge in [0.15, 0.2) is 0 Å². The molecule has 106 valence electrons. The van der Waals surface area contributed by atoms with E-state index in [1.54, 1.807) is 6.07 Å². The Labute approximate surface area is 115 Å². The molecular formula is C15H24FN3. The van der Waals surface area contributed by atoms with Crippen LogP contribution in [-0.2, 0) is 6.54 Å². The third kappa shape index (κ3) is 3.45. The second-order valence-electron chi connectivity index (χ2n) is 5.57. The van der Waals surface area contributed by atoms with Crippen molar-refractivity contribution in [1.29, 1.82) is 0 Å². The van der Waals surface area contributed by atoms with Gasteiger partial charge in [-0.3, -0.25) is 0 Å². The van der Waals surface area contributed by atoms with E-state index in [0.717, 1.165) is 25.3 Å². The largest absolute Gasteiger partial charge is 0.374 e. The van der Waals surface area contributed by atoms with Crippen LogP contribution in [0.3, 0.4) is 0 Å². The number of likely N-dealkylation sites (tertiary alicyclic amines) is 1. The highest BCUT2D eigenvalue weighted by Crippen LogP contribution is 2.25. The summed E-state index contributed by atoms with van der Waals surface area (Å²) in [5, 5.41) is 0. The quantitative estimate of drug-likeness (QED) is 0.904. The van der Waals surface area contributed by atoms with Crippen LogP contribution >= 0.6 is 0 Å². The molecule has 0 aliphatic carbocycles. The summed E-state index contributed by atoms with van der Waals surface area (Å²) in [6, 6.07) is 5.20. The highest BCUT2D eigenvalue weighted by atomic mass is 19.1. The summed E-state index contributed by atoms with van der Waals surface area (Å²) in [4.78, 5) is 4.52. The van der Waals surface area contributed by atoms with Crippen molar-refractivity contribution in [3.8, 4) is 0 Å². The molecule has 0 aromatic heterocycles. The number of nitrogens with zero attached hydrogens (tertiary/aromatic N) is 2. The SMILES string of the molecule is CN1CCC(CN(C)c2cccc(F)c2CN)CC1. The molecule has 1 heterocycles. The van der Waals surface area contributed by atoms with Crippen LogP contribution in [0.1, 0.15) is 18.4 Å². The van der Waals surface area contributed by atoms with Gasteiger partial charge in [0.1, 0.15) is 5.82 Å². The first-order valence-corrected chi connectivity index (χ1v) is 6.99. The van der Waals surface area contributed by atoms with Crippen LogP contribution in [0.2, 0.25) is 0 Å². The lowest BCUT2D eigenvalue weighted by atomic mass is 9.96. The normalized spacial score (nSPS) is 17.7. The van der Waals surface area contributed by atoms with Gasteiger partial charge in [0.25, 0.3) is 0 Å². The topological polar surface area (TPSA) is 32.5 Å². The maximum atomic E-state index is 13.7. The Morgan fingerprint density at radius 2 is 2.05 bits per heavy atom.